The van der Waals surface area contributed by atoms with Crippen molar-refractivity contribution < 1.29 is 18.0 Å². The first-order chi connectivity index (χ1) is 16.2. The van der Waals surface area contributed by atoms with Crippen LogP contribution in [-0.4, -0.2) is 61.7 Å². The maximum atomic E-state index is 13.3. The summed E-state index contributed by atoms with van der Waals surface area (Å²) in [5.74, 6) is -0.597. The molecule has 0 spiro atoms. The van der Waals surface area contributed by atoms with E-state index >= 15 is 0 Å². The molecule has 7 nitrogen and oxygen atoms in total. The Balaban J connectivity index is 1.74. The van der Waals surface area contributed by atoms with E-state index in [4.69, 9.17) is 0 Å². The number of amides is 2. The minimum absolute atomic E-state index is 0.135. The zero-order chi connectivity index (χ0) is 24.7. The Labute approximate surface area is 203 Å². The van der Waals surface area contributed by atoms with E-state index in [0.29, 0.717) is 13.0 Å². The Morgan fingerprint density at radius 1 is 1.03 bits per heavy atom. The van der Waals surface area contributed by atoms with Crippen LogP contribution < -0.4 is 5.32 Å². The van der Waals surface area contributed by atoms with Gasteiger partial charge in [-0.2, -0.15) is 4.31 Å². The molecule has 2 aromatic rings. The van der Waals surface area contributed by atoms with Gasteiger partial charge in [-0.3, -0.25) is 9.59 Å². The number of hydrogen-bond acceptors (Lipinski definition) is 4. The van der Waals surface area contributed by atoms with Crippen LogP contribution in [0.3, 0.4) is 0 Å². The van der Waals surface area contributed by atoms with E-state index in [2.05, 4.69) is 5.32 Å². The molecule has 0 bridgehead atoms. The molecular weight excluding hydrogens is 450 g/mol. The summed E-state index contributed by atoms with van der Waals surface area (Å²) in [7, 11) is -2.44. The third kappa shape index (κ3) is 6.67. The Bertz CT molecular complexity index is 1060. The molecule has 1 saturated carbocycles. The summed E-state index contributed by atoms with van der Waals surface area (Å²) >= 11 is 0. The minimum Gasteiger partial charge on any atom is -0.352 e. The number of nitrogens with zero attached hydrogens (tertiary/aromatic N) is 2. The number of carbonyl (C=O) groups is 2. The number of rotatable bonds is 10. The Morgan fingerprint density at radius 3 is 2.26 bits per heavy atom. The number of aryl methyl sites for hydroxylation is 1. The summed E-state index contributed by atoms with van der Waals surface area (Å²) in [5.41, 5.74) is 2.00. The summed E-state index contributed by atoms with van der Waals surface area (Å²) in [6, 6.07) is 15.7. The fourth-order valence-electron chi connectivity index (χ4n) is 4.22. The Hall–Kier alpha value is -2.71. The van der Waals surface area contributed by atoms with Crippen LogP contribution in [0.4, 0.5) is 0 Å². The molecule has 1 aliphatic carbocycles. The largest absolute Gasteiger partial charge is 0.352 e. The summed E-state index contributed by atoms with van der Waals surface area (Å²) < 4.78 is 27.0. The molecule has 34 heavy (non-hydrogen) atoms. The average Bonchev–Trinajstić information content (AvgIpc) is 3.33. The van der Waals surface area contributed by atoms with Gasteiger partial charge in [-0.15, -0.1) is 0 Å². The number of sulfonamides is 1. The lowest BCUT2D eigenvalue weighted by atomic mass is 10.1. The number of nitrogens with one attached hydrogen (secondary N) is 1. The van der Waals surface area contributed by atoms with Gasteiger partial charge in [-0.05, 0) is 50.8 Å². The maximum absolute atomic E-state index is 13.3. The first-order valence-corrected chi connectivity index (χ1v) is 13.3. The van der Waals surface area contributed by atoms with Crippen LogP contribution in [0.1, 0.15) is 43.7 Å². The van der Waals surface area contributed by atoms with E-state index in [1.165, 1.54) is 24.1 Å². The smallest absolute Gasteiger partial charge is 0.243 e. The molecule has 0 aromatic heterocycles. The van der Waals surface area contributed by atoms with Gasteiger partial charge in [0.15, 0.2) is 0 Å². The van der Waals surface area contributed by atoms with Crippen LogP contribution in [0.2, 0.25) is 0 Å². The third-order valence-corrected chi connectivity index (χ3v) is 8.26. The Kier molecular flexibility index (Phi) is 8.85. The van der Waals surface area contributed by atoms with Crippen molar-refractivity contribution in [2.75, 3.05) is 20.1 Å². The topological polar surface area (TPSA) is 86.8 Å². The fraction of sp³-hybridized carbons (Fsp3) is 0.462. The number of carbonyl (C=O) groups excluding carboxylic acids is 2. The predicted molar refractivity (Wildman–Crippen MR) is 133 cm³/mol. The molecule has 2 amide bonds. The standard InChI is InChI=1S/C26H35N3O4S/c1-20-13-15-24(16-14-20)34(32,33)28(3)19-25(30)29(18-17-22-9-5-4-6-10-22)21(2)26(31)27-23-11-7-8-12-23/h4-6,9-10,13-16,21,23H,7-8,11-12,17-19H2,1-3H3,(H,27,31). The third-order valence-electron chi connectivity index (χ3n) is 6.44. The van der Waals surface area contributed by atoms with Gasteiger partial charge < -0.3 is 10.2 Å². The van der Waals surface area contributed by atoms with Crippen molar-refractivity contribution in [3.05, 3.63) is 65.7 Å². The van der Waals surface area contributed by atoms with E-state index in [1.54, 1.807) is 19.1 Å². The van der Waals surface area contributed by atoms with Gasteiger partial charge in [0, 0.05) is 19.6 Å². The number of likely N-dealkylation sites (N-methyl/N-ethyl adjacent to an activating group) is 1. The van der Waals surface area contributed by atoms with Gasteiger partial charge in [0.2, 0.25) is 21.8 Å². The molecule has 0 heterocycles. The molecular formula is C26H35N3O4S. The number of benzene rings is 2. The molecule has 1 N–H and O–H groups in total. The predicted octanol–water partition coefficient (Wildman–Crippen LogP) is 3.13. The molecule has 1 fully saturated rings. The zero-order valence-corrected chi connectivity index (χ0v) is 21.1. The van der Waals surface area contributed by atoms with Gasteiger partial charge in [0.05, 0.1) is 11.4 Å². The summed E-state index contributed by atoms with van der Waals surface area (Å²) in [4.78, 5) is 27.9. The average molecular weight is 486 g/mol. The van der Waals surface area contributed by atoms with Crippen molar-refractivity contribution in [2.45, 2.75) is 62.9 Å². The summed E-state index contributed by atoms with van der Waals surface area (Å²) in [6.45, 7) is 3.57. The molecule has 1 unspecified atom stereocenters. The van der Waals surface area contributed by atoms with Crippen molar-refractivity contribution in [2.24, 2.45) is 0 Å². The molecule has 1 atom stereocenters. The van der Waals surface area contributed by atoms with Gasteiger partial charge in [0.25, 0.3) is 0 Å². The van der Waals surface area contributed by atoms with Crippen molar-refractivity contribution in [3.8, 4) is 0 Å². The van der Waals surface area contributed by atoms with Crippen molar-refractivity contribution in [1.29, 1.82) is 0 Å². The minimum atomic E-state index is -3.83. The van der Waals surface area contributed by atoms with Gasteiger partial charge in [0.1, 0.15) is 6.04 Å². The summed E-state index contributed by atoms with van der Waals surface area (Å²) in [6.07, 6.45) is 4.67. The monoisotopic (exact) mass is 485 g/mol. The van der Waals surface area contributed by atoms with E-state index in [0.717, 1.165) is 41.1 Å². The molecule has 0 aliphatic heterocycles. The molecule has 8 heteroatoms. The lowest BCUT2D eigenvalue weighted by Crippen LogP contribution is -2.53. The highest BCUT2D eigenvalue weighted by Gasteiger charge is 2.31. The van der Waals surface area contributed by atoms with Crippen molar-refractivity contribution in [3.63, 3.8) is 0 Å². The SMILES string of the molecule is Cc1ccc(S(=O)(=O)N(C)CC(=O)N(CCc2ccccc2)C(C)C(=O)NC2CCCC2)cc1. The molecule has 0 radical (unpaired) electrons. The van der Waals surface area contributed by atoms with Crippen LogP contribution in [0.25, 0.3) is 0 Å². The van der Waals surface area contributed by atoms with E-state index in [-0.39, 0.29) is 23.4 Å². The second-order valence-electron chi connectivity index (χ2n) is 9.06. The first kappa shape index (κ1) is 25.9. The van der Waals surface area contributed by atoms with Gasteiger partial charge in [-0.25, -0.2) is 8.42 Å². The first-order valence-electron chi connectivity index (χ1n) is 11.9. The molecule has 3 rings (SSSR count). The molecule has 2 aromatic carbocycles. The second-order valence-corrected chi connectivity index (χ2v) is 11.1. The van der Waals surface area contributed by atoms with Crippen LogP contribution >= 0.6 is 0 Å². The Morgan fingerprint density at radius 2 is 1.65 bits per heavy atom. The van der Waals surface area contributed by atoms with Crippen LogP contribution in [-0.2, 0) is 26.0 Å². The van der Waals surface area contributed by atoms with Crippen molar-refractivity contribution in [1.82, 2.24) is 14.5 Å². The van der Waals surface area contributed by atoms with Crippen LogP contribution in [0.15, 0.2) is 59.5 Å². The molecule has 184 valence electrons. The van der Waals surface area contributed by atoms with Crippen LogP contribution in [0.5, 0.6) is 0 Å². The van der Waals surface area contributed by atoms with E-state index in [9.17, 15) is 18.0 Å². The maximum Gasteiger partial charge on any atom is 0.243 e. The van der Waals surface area contributed by atoms with Crippen LogP contribution in [0, 0.1) is 6.92 Å². The van der Waals surface area contributed by atoms with E-state index < -0.39 is 22.0 Å². The highest BCUT2D eigenvalue weighted by Crippen LogP contribution is 2.19. The van der Waals surface area contributed by atoms with E-state index in [1.807, 2.05) is 37.3 Å². The molecule has 1 aliphatic rings. The number of hydrogen-bond donors (Lipinski definition) is 1. The zero-order valence-electron chi connectivity index (χ0n) is 20.2. The normalized spacial score (nSPS) is 15.3. The molecule has 0 saturated heterocycles. The summed E-state index contributed by atoms with van der Waals surface area (Å²) in [5, 5.41) is 3.06. The lowest BCUT2D eigenvalue weighted by molar-refractivity contribution is -0.140. The highest BCUT2D eigenvalue weighted by molar-refractivity contribution is 7.89. The lowest BCUT2D eigenvalue weighted by Gasteiger charge is -2.31. The van der Waals surface area contributed by atoms with Crippen molar-refractivity contribution >= 4 is 21.8 Å². The second kappa shape index (κ2) is 11.6. The van der Waals surface area contributed by atoms with Gasteiger partial charge in [-0.1, -0.05) is 60.9 Å². The van der Waals surface area contributed by atoms with Gasteiger partial charge >= 0.3 is 0 Å². The quantitative estimate of drug-likeness (QED) is 0.560. The fourth-order valence-corrected chi connectivity index (χ4v) is 5.34. The highest BCUT2D eigenvalue weighted by atomic mass is 32.2.